The predicted molar refractivity (Wildman–Crippen MR) is 59.6 cm³/mol. The fourth-order valence-corrected chi connectivity index (χ4v) is 2.44. The molecule has 2 rings (SSSR count). The van der Waals surface area contributed by atoms with Crippen LogP contribution in [0.1, 0.15) is 11.4 Å². The second-order valence-corrected chi connectivity index (χ2v) is 4.80. The molecule has 0 aromatic carbocycles. The third-order valence-electron chi connectivity index (χ3n) is 2.71. The summed E-state index contributed by atoms with van der Waals surface area (Å²) in [5.74, 6) is 0.593. The van der Waals surface area contributed by atoms with Gasteiger partial charge < -0.3 is 10.6 Å². The van der Waals surface area contributed by atoms with E-state index in [1.807, 2.05) is 10.3 Å². The molecule has 4 nitrogen and oxygen atoms in total. The highest BCUT2D eigenvalue weighted by atomic mass is 32.1. The van der Waals surface area contributed by atoms with E-state index in [1.165, 1.54) is 0 Å². The van der Waals surface area contributed by atoms with Crippen molar-refractivity contribution in [2.45, 2.75) is 12.8 Å². The third-order valence-corrected chi connectivity index (χ3v) is 3.55. The molecule has 1 saturated heterocycles. The number of rotatable bonds is 4. The highest BCUT2D eigenvalue weighted by molar-refractivity contribution is 7.09. The van der Waals surface area contributed by atoms with Gasteiger partial charge >= 0.3 is 0 Å². The Kier molecular flexibility index (Phi) is 3.33. The minimum absolute atomic E-state index is 0.238. The lowest BCUT2D eigenvalue weighted by molar-refractivity contribution is -0.127. The number of aromatic nitrogens is 1. The average molecular weight is 225 g/mol. The number of carbonyl (C=O) groups excluding carboxylic acids is 1. The molecule has 1 aromatic heterocycles. The quantitative estimate of drug-likeness (QED) is 0.811. The summed E-state index contributed by atoms with van der Waals surface area (Å²) >= 11 is 1.64. The van der Waals surface area contributed by atoms with Crippen LogP contribution in [-0.4, -0.2) is 35.4 Å². The summed E-state index contributed by atoms with van der Waals surface area (Å²) in [7, 11) is 0. The van der Waals surface area contributed by atoms with Gasteiger partial charge in [0.2, 0.25) is 5.91 Å². The van der Waals surface area contributed by atoms with Crippen LogP contribution in [0.15, 0.2) is 11.6 Å². The summed E-state index contributed by atoms with van der Waals surface area (Å²) in [5.41, 5.74) is 5.56. The summed E-state index contributed by atoms with van der Waals surface area (Å²) in [6.07, 6.45) is 3.28. The van der Waals surface area contributed by atoms with Crippen LogP contribution < -0.4 is 5.73 Å². The number of hydrogen-bond acceptors (Lipinski definition) is 4. The fourth-order valence-electron chi connectivity index (χ4n) is 1.83. The van der Waals surface area contributed by atoms with Crippen LogP contribution in [0.4, 0.5) is 0 Å². The van der Waals surface area contributed by atoms with Crippen molar-refractivity contribution in [2.75, 3.05) is 19.6 Å². The van der Waals surface area contributed by atoms with Crippen LogP contribution in [0, 0.1) is 5.92 Å². The molecular formula is C10H15N3OS. The fraction of sp³-hybridized carbons (Fsp3) is 0.600. The first kappa shape index (κ1) is 10.6. The largest absolute Gasteiger partial charge is 0.342 e. The van der Waals surface area contributed by atoms with E-state index in [0.717, 1.165) is 24.5 Å². The molecule has 82 valence electrons. The SMILES string of the molecule is NCC1CC(=O)N(CCc2nccs2)C1. The summed E-state index contributed by atoms with van der Waals surface area (Å²) in [4.78, 5) is 17.7. The van der Waals surface area contributed by atoms with Crippen LogP contribution in [0.3, 0.4) is 0 Å². The van der Waals surface area contributed by atoms with E-state index < -0.39 is 0 Å². The molecule has 15 heavy (non-hydrogen) atoms. The lowest BCUT2D eigenvalue weighted by Crippen LogP contribution is -2.28. The number of amides is 1. The molecule has 2 N–H and O–H groups in total. The van der Waals surface area contributed by atoms with Crippen molar-refractivity contribution in [1.29, 1.82) is 0 Å². The maximum absolute atomic E-state index is 11.6. The molecule has 1 fully saturated rings. The highest BCUT2D eigenvalue weighted by Crippen LogP contribution is 2.17. The Morgan fingerprint density at radius 1 is 1.67 bits per heavy atom. The number of nitrogens with two attached hydrogens (primary N) is 1. The Morgan fingerprint density at radius 2 is 2.53 bits per heavy atom. The molecule has 1 aliphatic rings. The lowest BCUT2D eigenvalue weighted by atomic mass is 10.1. The van der Waals surface area contributed by atoms with Crippen LogP contribution in [0.5, 0.6) is 0 Å². The Bertz CT molecular complexity index is 325. The monoisotopic (exact) mass is 225 g/mol. The molecule has 0 spiro atoms. The van der Waals surface area contributed by atoms with Gasteiger partial charge in [0, 0.05) is 37.5 Å². The zero-order valence-electron chi connectivity index (χ0n) is 8.56. The van der Waals surface area contributed by atoms with E-state index in [1.54, 1.807) is 17.5 Å². The van der Waals surface area contributed by atoms with E-state index in [4.69, 9.17) is 5.73 Å². The summed E-state index contributed by atoms with van der Waals surface area (Å²) in [6, 6.07) is 0. The molecular weight excluding hydrogens is 210 g/mol. The van der Waals surface area contributed by atoms with Gasteiger partial charge in [-0.3, -0.25) is 4.79 Å². The Labute approximate surface area is 93.1 Å². The molecule has 5 heteroatoms. The third kappa shape index (κ3) is 2.54. The second kappa shape index (κ2) is 4.72. The molecule has 0 aliphatic carbocycles. The Hall–Kier alpha value is -0.940. The van der Waals surface area contributed by atoms with Gasteiger partial charge in [-0.15, -0.1) is 11.3 Å². The lowest BCUT2D eigenvalue weighted by Gasteiger charge is -2.15. The van der Waals surface area contributed by atoms with E-state index in [0.29, 0.717) is 18.9 Å². The Balaban J connectivity index is 1.83. The predicted octanol–water partition coefficient (Wildman–Crippen LogP) is 0.493. The standard InChI is InChI=1S/C10H15N3OS/c11-6-8-5-10(14)13(7-8)3-1-9-12-2-4-15-9/h2,4,8H,1,3,5-7,11H2. The van der Waals surface area contributed by atoms with Crippen LogP contribution in [0.25, 0.3) is 0 Å². The molecule has 1 aliphatic heterocycles. The van der Waals surface area contributed by atoms with Crippen molar-refractivity contribution in [3.63, 3.8) is 0 Å². The molecule has 0 bridgehead atoms. The molecule has 1 atom stereocenters. The maximum atomic E-state index is 11.6. The molecule has 1 amide bonds. The normalized spacial score (nSPS) is 21.3. The zero-order valence-corrected chi connectivity index (χ0v) is 9.37. The number of likely N-dealkylation sites (tertiary alicyclic amines) is 1. The molecule has 1 aromatic rings. The average Bonchev–Trinajstić information content (AvgIpc) is 2.84. The maximum Gasteiger partial charge on any atom is 0.222 e. The number of thiazole rings is 1. The van der Waals surface area contributed by atoms with Crippen molar-refractivity contribution in [1.82, 2.24) is 9.88 Å². The topological polar surface area (TPSA) is 59.2 Å². The first-order chi connectivity index (χ1) is 7.29. The van der Waals surface area contributed by atoms with Gasteiger partial charge in [0.25, 0.3) is 0 Å². The zero-order chi connectivity index (χ0) is 10.7. The molecule has 1 unspecified atom stereocenters. The van der Waals surface area contributed by atoms with E-state index in [-0.39, 0.29) is 5.91 Å². The van der Waals surface area contributed by atoms with E-state index >= 15 is 0 Å². The highest BCUT2D eigenvalue weighted by Gasteiger charge is 2.27. The number of carbonyl (C=O) groups is 1. The molecule has 0 saturated carbocycles. The van der Waals surface area contributed by atoms with Gasteiger partial charge in [-0.25, -0.2) is 4.98 Å². The van der Waals surface area contributed by atoms with Gasteiger partial charge in [0.05, 0.1) is 5.01 Å². The van der Waals surface area contributed by atoms with E-state index in [9.17, 15) is 4.79 Å². The van der Waals surface area contributed by atoms with Gasteiger partial charge in [-0.2, -0.15) is 0 Å². The van der Waals surface area contributed by atoms with Crippen molar-refractivity contribution < 1.29 is 4.79 Å². The summed E-state index contributed by atoms with van der Waals surface area (Å²) < 4.78 is 0. The van der Waals surface area contributed by atoms with Crippen molar-refractivity contribution in [2.24, 2.45) is 11.7 Å². The summed E-state index contributed by atoms with van der Waals surface area (Å²) in [6.45, 7) is 2.21. The van der Waals surface area contributed by atoms with E-state index in [2.05, 4.69) is 4.98 Å². The van der Waals surface area contributed by atoms with Crippen LogP contribution in [-0.2, 0) is 11.2 Å². The molecule has 0 radical (unpaired) electrons. The second-order valence-electron chi connectivity index (χ2n) is 3.82. The number of hydrogen-bond donors (Lipinski definition) is 1. The molecule has 2 heterocycles. The van der Waals surface area contributed by atoms with Crippen LogP contribution >= 0.6 is 11.3 Å². The minimum atomic E-state index is 0.238. The van der Waals surface area contributed by atoms with Crippen molar-refractivity contribution in [3.8, 4) is 0 Å². The van der Waals surface area contributed by atoms with Crippen molar-refractivity contribution in [3.05, 3.63) is 16.6 Å². The van der Waals surface area contributed by atoms with Crippen LogP contribution in [0.2, 0.25) is 0 Å². The first-order valence-corrected chi connectivity index (χ1v) is 6.03. The Morgan fingerprint density at radius 3 is 3.13 bits per heavy atom. The number of nitrogens with zero attached hydrogens (tertiary/aromatic N) is 2. The summed E-state index contributed by atoms with van der Waals surface area (Å²) in [5, 5.41) is 3.06. The van der Waals surface area contributed by atoms with Gasteiger partial charge in [-0.1, -0.05) is 0 Å². The smallest absolute Gasteiger partial charge is 0.222 e. The first-order valence-electron chi connectivity index (χ1n) is 5.16. The van der Waals surface area contributed by atoms with Crippen molar-refractivity contribution >= 4 is 17.2 Å². The van der Waals surface area contributed by atoms with Gasteiger partial charge in [0.15, 0.2) is 0 Å². The van der Waals surface area contributed by atoms with Gasteiger partial charge in [-0.05, 0) is 12.5 Å². The minimum Gasteiger partial charge on any atom is -0.342 e. The van der Waals surface area contributed by atoms with Gasteiger partial charge in [0.1, 0.15) is 0 Å².